The van der Waals surface area contributed by atoms with Crippen LogP contribution in [-0.2, 0) is 11.2 Å². The standard InChI is InChI=1S/C20H24ClNO2/c1-14(2)11-19(16-7-9-18(24-3)10-8-16)22-20(23)13-15-5-4-6-17(21)12-15/h4-10,12,14,19H,11,13H2,1-3H3,(H,22,23). The Morgan fingerprint density at radius 1 is 1.17 bits per heavy atom. The predicted octanol–water partition coefficient (Wildman–Crippen LogP) is 4.79. The highest BCUT2D eigenvalue weighted by atomic mass is 35.5. The minimum Gasteiger partial charge on any atom is -0.497 e. The van der Waals surface area contributed by atoms with E-state index in [1.807, 2.05) is 48.5 Å². The van der Waals surface area contributed by atoms with Gasteiger partial charge in [-0.15, -0.1) is 0 Å². The molecule has 128 valence electrons. The monoisotopic (exact) mass is 345 g/mol. The van der Waals surface area contributed by atoms with Crippen LogP contribution in [0.3, 0.4) is 0 Å². The van der Waals surface area contributed by atoms with Crippen molar-refractivity contribution in [1.82, 2.24) is 5.32 Å². The highest BCUT2D eigenvalue weighted by Crippen LogP contribution is 2.24. The van der Waals surface area contributed by atoms with Crippen LogP contribution in [0.15, 0.2) is 48.5 Å². The van der Waals surface area contributed by atoms with Gasteiger partial charge in [-0.1, -0.05) is 49.7 Å². The van der Waals surface area contributed by atoms with Crippen LogP contribution < -0.4 is 10.1 Å². The maximum absolute atomic E-state index is 12.4. The summed E-state index contributed by atoms with van der Waals surface area (Å²) in [5, 5.41) is 3.79. The molecule has 24 heavy (non-hydrogen) atoms. The second kappa shape index (κ2) is 8.74. The Morgan fingerprint density at radius 2 is 1.88 bits per heavy atom. The molecule has 0 bridgehead atoms. The van der Waals surface area contributed by atoms with Gasteiger partial charge in [0.15, 0.2) is 0 Å². The maximum Gasteiger partial charge on any atom is 0.224 e. The van der Waals surface area contributed by atoms with Gasteiger partial charge in [-0.3, -0.25) is 4.79 Å². The number of hydrogen-bond acceptors (Lipinski definition) is 2. The fourth-order valence-electron chi connectivity index (χ4n) is 2.66. The number of carbonyl (C=O) groups excluding carboxylic acids is 1. The fourth-order valence-corrected chi connectivity index (χ4v) is 2.88. The number of ether oxygens (including phenoxy) is 1. The van der Waals surface area contributed by atoms with Crippen LogP contribution in [0.2, 0.25) is 5.02 Å². The summed E-state index contributed by atoms with van der Waals surface area (Å²) < 4.78 is 5.20. The van der Waals surface area contributed by atoms with E-state index in [1.165, 1.54) is 0 Å². The van der Waals surface area contributed by atoms with Crippen molar-refractivity contribution in [2.45, 2.75) is 32.7 Å². The molecule has 0 heterocycles. The van der Waals surface area contributed by atoms with Crippen molar-refractivity contribution in [2.24, 2.45) is 5.92 Å². The van der Waals surface area contributed by atoms with Crippen LogP contribution >= 0.6 is 11.6 Å². The SMILES string of the molecule is COc1ccc(C(CC(C)C)NC(=O)Cc2cccc(Cl)c2)cc1. The number of carbonyl (C=O) groups is 1. The van der Waals surface area contributed by atoms with Crippen molar-refractivity contribution in [1.29, 1.82) is 0 Å². The lowest BCUT2D eigenvalue weighted by Gasteiger charge is -2.21. The first-order valence-electron chi connectivity index (χ1n) is 8.15. The minimum atomic E-state index is -0.0115. The third kappa shape index (κ3) is 5.57. The normalized spacial score (nSPS) is 12.0. The summed E-state index contributed by atoms with van der Waals surface area (Å²) >= 11 is 5.98. The smallest absolute Gasteiger partial charge is 0.224 e. The number of hydrogen-bond donors (Lipinski definition) is 1. The summed E-state index contributed by atoms with van der Waals surface area (Å²) in [6.07, 6.45) is 1.21. The van der Waals surface area contributed by atoms with E-state index in [9.17, 15) is 4.79 Å². The van der Waals surface area contributed by atoms with E-state index in [0.29, 0.717) is 17.4 Å². The Bertz CT molecular complexity index is 668. The molecule has 2 rings (SSSR count). The third-order valence-corrected chi connectivity index (χ3v) is 4.05. The molecule has 0 radical (unpaired) electrons. The largest absolute Gasteiger partial charge is 0.497 e. The highest BCUT2D eigenvalue weighted by Gasteiger charge is 2.16. The van der Waals surface area contributed by atoms with Gasteiger partial charge in [-0.05, 0) is 47.7 Å². The zero-order valence-electron chi connectivity index (χ0n) is 14.4. The Hall–Kier alpha value is -2.00. The van der Waals surface area contributed by atoms with Crippen molar-refractivity contribution in [3.63, 3.8) is 0 Å². The van der Waals surface area contributed by atoms with E-state index in [2.05, 4.69) is 19.2 Å². The molecular weight excluding hydrogens is 322 g/mol. The fraction of sp³-hybridized carbons (Fsp3) is 0.350. The van der Waals surface area contributed by atoms with E-state index in [4.69, 9.17) is 16.3 Å². The lowest BCUT2D eigenvalue weighted by atomic mass is 9.96. The van der Waals surface area contributed by atoms with Gasteiger partial charge >= 0.3 is 0 Å². The molecule has 0 aliphatic rings. The van der Waals surface area contributed by atoms with Crippen LogP contribution in [0.5, 0.6) is 5.75 Å². The Balaban J connectivity index is 2.08. The molecule has 2 aromatic carbocycles. The Labute approximate surface area is 149 Å². The summed E-state index contributed by atoms with van der Waals surface area (Å²) in [5.74, 6) is 1.29. The summed E-state index contributed by atoms with van der Waals surface area (Å²) in [6, 6.07) is 15.3. The molecule has 2 aromatic rings. The predicted molar refractivity (Wildman–Crippen MR) is 98.5 cm³/mol. The number of amides is 1. The lowest BCUT2D eigenvalue weighted by molar-refractivity contribution is -0.121. The van der Waals surface area contributed by atoms with Crippen molar-refractivity contribution in [3.8, 4) is 5.75 Å². The van der Waals surface area contributed by atoms with Gasteiger partial charge < -0.3 is 10.1 Å². The van der Waals surface area contributed by atoms with Gasteiger partial charge in [0, 0.05) is 5.02 Å². The topological polar surface area (TPSA) is 38.3 Å². The van der Waals surface area contributed by atoms with Crippen LogP contribution in [0.4, 0.5) is 0 Å². The summed E-state index contributed by atoms with van der Waals surface area (Å²) in [4.78, 5) is 12.4. The summed E-state index contributed by atoms with van der Waals surface area (Å²) in [7, 11) is 1.65. The molecule has 4 heteroatoms. The van der Waals surface area contributed by atoms with E-state index < -0.39 is 0 Å². The summed E-state index contributed by atoms with van der Waals surface area (Å²) in [6.45, 7) is 4.30. The number of halogens is 1. The molecule has 1 amide bonds. The van der Waals surface area contributed by atoms with Gasteiger partial charge in [-0.25, -0.2) is 0 Å². The Kier molecular flexibility index (Phi) is 6.68. The van der Waals surface area contributed by atoms with Gasteiger partial charge in [0.25, 0.3) is 0 Å². The van der Waals surface area contributed by atoms with Gasteiger partial charge in [0.1, 0.15) is 5.75 Å². The number of benzene rings is 2. The second-order valence-electron chi connectivity index (χ2n) is 6.33. The molecule has 3 nitrogen and oxygen atoms in total. The van der Waals surface area contributed by atoms with Crippen LogP contribution in [0.1, 0.15) is 37.4 Å². The van der Waals surface area contributed by atoms with Crippen molar-refractivity contribution in [2.75, 3.05) is 7.11 Å². The summed E-state index contributed by atoms with van der Waals surface area (Å²) in [5.41, 5.74) is 2.00. The average Bonchev–Trinajstić information content (AvgIpc) is 2.54. The van der Waals surface area contributed by atoms with E-state index in [-0.39, 0.29) is 11.9 Å². The molecule has 0 fully saturated rings. The lowest BCUT2D eigenvalue weighted by Crippen LogP contribution is -2.30. The highest BCUT2D eigenvalue weighted by molar-refractivity contribution is 6.30. The zero-order valence-corrected chi connectivity index (χ0v) is 15.1. The molecule has 1 N–H and O–H groups in total. The second-order valence-corrected chi connectivity index (χ2v) is 6.77. The van der Waals surface area contributed by atoms with E-state index >= 15 is 0 Å². The Morgan fingerprint density at radius 3 is 2.46 bits per heavy atom. The number of rotatable bonds is 7. The molecule has 0 aromatic heterocycles. The van der Waals surface area contributed by atoms with Crippen molar-refractivity contribution in [3.05, 3.63) is 64.7 Å². The van der Waals surface area contributed by atoms with Crippen LogP contribution in [-0.4, -0.2) is 13.0 Å². The maximum atomic E-state index is 12.4. The molecule has 0 aliphatic carbocycles. The van der Waals surface area contributed by atoms with Crippen LogP contribution in [0.25, 0.3) is 0 Å². The number of methoxy groups -OCH3 is 1. The third-order valence-electron chi connectivity index (χ3n) is 3.81. The first kappa shape index (κ1) is 18.3. The molecule has 0 saturated heterocycles. The average molecular weight is 346 g/mol. The minimum absolute atomic E-state index is 0.00117. The van der Waals surface area contributed by atoms with E-state index in [0.717, 1.165) is 23.3 Å². The van der Waals surface area contributed by atoms with Crippen molar-refractivity contribution >= 4 is 17.5 Å². The molecule has 1 unspecified atom stereocenters. The first-order chi connectivity index (χ1) is 11.5. The van der Waals surface area contributed by atoms with E-state index in [1.54, 1.807) is 7.11 Å². The molecule has 0 aliphatic heterocycles. The van der Waals surface area contributed by atoms with Gasteiger partial charge in [0.2, 0.25) is 5.91 Å². The molecular formula is C20H24ClNO2. The first-order valence-corrected chi connectivity index (χ1v) is 8.53. The molecule has 0 saturated carbocycles. The van der Waals surface area contributed by atoms with Crippen molar-refractivity contribution < 1.29 is 9.53 Å². The van der Waals surface area contributed by atoms with Gasteiger partial charge in [0.05, 0.1) is 19.6 Å². The van der Waals surface area contributed by atoms with Gasteiger partial charge in [-0.2, -0.15) is 0 Å². The molecule has 1 atom stereocenters. The quantitative estimate of drug-likeness (QED) is 0.783. The number of nitrogens with one attached hydrogen (secondary N) is 1. The molecule has 0 spiro atoms. The van der Waals surface area contributed by atoms with Crippen LogP contribution in [0, 0.1) is 5.92 Å². The zero-order chi connectivity index (χ0) is 17.5.